The summed E-state index contributed by atoms with van der Waals surface area (Å²) >= 11 is 0. The van der Waals surface area contributed by atoms with E-state index in [1.54, 1.807) is 7.11 Å². The highest BCUT2D eigenvalue weighted by Gasteiger charge is 2.47. The van der Waals surface area contributed by atoms with Crippen LogP contribution >= 0.6 is 0 Å². The van der Waals surface area contributed by atoms with Crippen molar-refractivity contribution >= 4 is 22.7 Å². The van der Waals surface area contributed by atoms with Crippen molar-refractivity contribution in [2.75, 3.05) is 26.8 Å². The highest BCUT2D eigenvalue weighted by atomic mass is 16.5. The molecule has 1 aromatic carbocycles. The van der Waals surface area contributed by atoms with E-state index in [0.29, 0.717) is 26.1 Å². The highest BCUT2D eigenvalue weighted by molar-refractivity contribution is 5.92. The Morgan fingerprint density at radius 2 is 1.88 bits per heavy atom. The first-order valence-electron chi connectivity index (χ1n) is 8.80. The standard InChI is InChI=1S/C19H25N3O3/c1-25-10-4-8-20-18(23)15-11-16(15)19(24)21-9-7-13-12-22-17-6-3-2-5-14(13)17/h2-3,5-6,12,15-16,22H,4,7-11H2,1H3,(H,20,23)(H,21,24). The summed E-state index contributed by atoms with van der Waals surface area (Å²) < 4.78 is 4.94. The molecule has 2 amide bonds. The van der Waals surface area contributed by atoms with Crippen molar-refractivity contribution in [2.24, 2.45) is 11.8 Å². The van der Waals surface area contributed by atoms with Crippen LogP contribution in [-0.4, -0.2) is 43.6 Å². The number of hydrogen-bond donors (Lipinski definition) is 3. The van der Waals surface area contributed by atoms with Gasteiger partial charge in [-0.2, -0.15) is 0 Å². The van der Waals surface area contributed by atoms with Crippen LogP contribution in [0.2, 0.25) is 0 Å². The molecular weight excluding hydrogens is 318 g/mol. The number of carbonyl (C=O) groups is 2. The van der Waals surface area contributed by atoms with Crippen LogP contribution in [0.3, 0.4) is 0 Å². The summed E-state index contributed by atoms with van der Waals surface area (Å²) in [4.78, 5) is 27.4. The monoisotopic (exact) mass is 343 g/mol. The summed E-state index contributed by atoms with van der Waals surface area (Å²) in [5.74, 6) is -0.384. The average Bonchev–Trinajstić information content (AvgIpc) is 3.34. The summed E-state index contributed by atoms with van der Waals surface area (Å²) in [7, 11) is 1.64. The third kappa shape index (κ3) is 4.39. The van der Waals surface area contributed by atoms with Crippen LogP contribution in [0.5, 0.6) is 0 Å². The van der Waals surface area contributed by atoms with Crippen molar-refractivity contribution in [3.63, 3.8) is 0 Å². The van der Waals surface area contributed by atoms with Crippen LogP contribution in [0.1, 0.15) is 18.4 Å². The van der Waals surface area contributed by atoms with Gasteiger partial charge in [0.25, 0.3) is 0 Å². The summed E-state index contributed by atoms with van der Waals surface area (Å²) in [5, 5.41) is 7.01. The van der Waals surface area contributed by atoms with E-state index in [1.807, 2.05) is 24.4 Å². The van der Waals surface area contributed by atoms with Gasteiger partial charge in [-0.15, -0.1) is 0 Å². The largest absolute Gasteiger partial charge is 0.385 e. The molecule has 2 atom stereocenters. The Balaban J connectivity index is 1.38. The number of amides is 2. The van der Waals surface area contributed by atoms with Crippen molar-refractivity contribution < 1.29 is 14.3 Å². The first-order chi connectivity index (χ1) is 12.2. The smallest absolute Gasteiger partial charge is 0.223 e. The Morgan fingerprint density at radius 1 is 1.16 bits per heavy atom. The molecule has 0 aliphatic heterocycles. The summed E-state index contributed by atoms with van der Waals surface area (Å²) in [6, 6.07) is 8.13. The quantitative estimate of drug-likeness (QED) is 0.605. The van der Waals surface area contributed by atoms with Crippen LogP contribution < -0.4 is 10.6 Å². The molecule has 1 saturated carbocycles. The normalized spacial score (nSPS) is 18.9. The minimum Gasteiger partial charge on any atom is -0.385 e. The number of carbonyl (C=O) groups excluding carboxylic acids is 2. The van der Waals surface area contributed by atoms with Gasteiger partial charge < -0.3 is 20.4 Å². The van der Waals surface area contributed by atoms with Gasteiger partial charge in [0.1, 0.15) is 0 Å². The highest BCUT2D eigenvalue weighted by Crippen LogP contribution is 2.38. The van der Waals surface area contributed by atoms with Gasteiger partial charge in [-0.05, 0) is 30.9 Å². The number of H-pyrrole nitrogens is 1. The van der Waals surface area contributed by atoms with E-state index in [-0.39, 0.29) is 23.7 Å². The van der Waals surface area contributed by atoms with Gasteiger partial charge in [0.15, 0.2) is 0 Å². The predicted molar refractivity (Wildman–Crippen MR) is 96.1 cm³/mol. The fourth-order valence-electron chi connectivity index (χ4n) is 3.12. The lowest BCUT2D eigenvalue weighted by molar-refractivity contribution is -0.127. The molecule has 0 radical (unpaired) electrons. The van der Waals surface area contributed by atoms with Crippen molar-refractivity contribution in [3.05, 3.63) is 36.0 Å². The molecule has 0 saturated heterocycles. The number of ether oxygens (including phenoxy) is 1. The molecule has 1 aromatic heterocycles. The molecule has 1 heterocycles. The fourth-order valence-corrected chi connectivity index (χ4v) is 3.12. The molecule has 0 bridgehead atoms. The van der Waals surface area contributed by atoms with Crippen LogP contribution in [0.25, 0.3) is 10.9 Å². The van der Waals surface area contributed by atoms with E-state index in [1.165, 1.54) is 10.9 Å². The second-order valence-corrected chi connectivity index (χ2v) is 6.49. The maximum absolute atomic E-state index is 12.2. The molecule has 3 N–H and O–H groups in total. The number of hydrogen-bond acceptors (Lipinski definition) is 3. The second kappa shape index (κ2) is 8.16. The minimum atomic E-state index is -0.176. The molecular formula is C19H25N3O3. The summed E-state index contributed by atoms with van der Waals surface area (Å²) in [5.41, 5.74) is 2.30. The van der Waals surface area contributed by atoms with Gasteiger partial charge in [-0.3, -0.25) is 9.59 Å². The lowest BCUT2D eigenvalue weighted by Crippen LogP contribution is -2.31. The van der Waals surface area contributed by atoms with E-state index in [2.05, 4.69) is 21.7 Å². The van der Waals surface area contributed by atoms with Crippen molar-refractivity contribution in [1.29, 1.82) is 0 Å². The van der Waals surface area contributed by atoms with Crippen LogP contribution in [0, 0.1) is 11.8 Å². The van der Waals surface area contributed by atoms with Gasteiger partial charge in [0.05, 0.1) is 11.8 Å². The Hall–Kier alpha value is -2.34. The number of aromatic nitrogens is 1. The molecule has 134 valence electrons. The van der Waals surface area contributed by atoms with Gasteiger partial charge >= 0.3 is 0 Å². The van der Waals surface area contributed by atoms with Gasteiger partial charge in [-0.1, -0.05) is 18.2 Å². The van der Waals surface area contributed by atoms with Crippen molar-refractivity contribution in [1.82, 2.24) is 15.6 Å². The number of fused-ring (bicyclic) bond motifs is 1. The molecule has 25 heavy (non-hydrogen) atoms. The zero-order valence-corrected chi connectivity index (χ0v) is 14.5. The van der Waals surface area contributed by atoms with E-state index in [4.69, 9.17) is 4.74 Å². The number of aromatic amines is 1. The van der Waals surface area contributed by atoms with Crippen molar-refractivity contribution in [3.8, 4) is 0 Å². The third-order valence-electron chi connectivity index (χ3n) is 4.66. The SMILES string of the molecule is COCCCNC(=O)C1CC1C(=O)NCCc1c[nH]c2ccccc12. The predicted octanol–water partition coefficient (Wildman–Crippen LogP) is 1.62. The molecule has 6 nitrogen and oxygen atoms in total. The lowest BCUT2D eigenvalue weighted by Gasteiger charge is -2.06. The number of rotatable bonds is 9. The van der Waals surface area contributed by atoms with Gasteiger partial charge in [-0.25, -0.2) is 0 Å². The fraction of sp³-hybridized carbons (Fsp3) is 0.474. The minimum absolute atomic E-state index is 0.0168. The number of methoxy groups -OCH3 is 1. The summed E-state index contributed by atoms with van der Waals surface area (Å²) in [6.45, 7) is 1.81. The van der Waals surface area contributed by atoms with E-state index >= 15 is 0 Å². The maximum atomic E-state index is 12.2. The maximum Gasteiger partial charge on any atom is 0.223 e. The van der Waals surface area contributed by atoms with E-state index < -0.39 is 0 Å². The molecule has 3 rings (SSSR count). The average molecular weight is 343 g/mol. The zero-order valence-electron chi connectivity index (χ0n) is 14.5. The molecule has 2 unspecified atom stereocenters. The molecule has 1 aliphatic carbocycles. The number of benzene rings is 1. The van der Waals surface area contributed by atoms with Crippen LogP contribution in [0.15, 0.2) is 30.5 Å². The Bertz CT molecular complexity index is 740. The van der Waals surface area contributed by atoms with Crippen LogP contribution in [-0.2, 0) is 20.7 Å². The van der Waals surface area contributed by atoms with E-state index in [0.717, 1.165) is 18.4 Å². The van der Waals surface area contributed by atoms with E-state index in [9.17, 15) is 9.59 Å². The molecule has 1 fully saturated rings. The molecule has 6 heteroatoms. The topological polar surface area (TPSA) is 83.2 Å². The Labute approximate surface area is 147 Å². The summed E-state index contributed by atoms with van der Waals surface area (Å²) in [6.07, 6.45) is 4.20. The molecule has 2 aromatic rings. The Kier molecular flexibility index (Phi) is 5.71. The molecule has 1 aliphatic rings. The van der Waals surface area contributed by atoms with Crippen LogP contribution in [0.4, 0.5) is 0 Å². The zero-order chi connectivity index (χ0) is 17.6. The first kappa shape index (κ1) is 17.5. The van der Waals surface area contributed by atoms with Gasteiger partial charge in [0.2, 0.25) is 11.8 Å². The number of nitrogens with one attached hydrogen (secondary N) is 3. The third-order valence-corrected chi connectivity index (χ3v) is 4.66. The first-order valence-corrected chi connectivity index (χ1v) is 8.80. The second-order valence-electron chi connectivity index (χ2n) is 6.49. The van der Waals surface area contributed by atoms with Gasteiger partial charge in [0, 0.05) is 43.9 Å². The van der Waals surface area contributed by atoms with Crippen molar-refractivity contribution in [2.45, 2.75) is 19.3 Å². The Morgan fingerprint density at radius 3 is 2.64 bits per heavy atom. The number of para-hydroxylation sites is 1. The molecule has 0 spiro atoms. The lowest BCUT2D eigenvalue weighted by atomic mass is 10.1.